The first-order valence-corrected chi connectivity index (χ1v) is 9.27. The van der Waals surface area contributed by atoms with E-state index >= 15 is 0 Å². The van der Waals surface area contributed by atoms with Gasteiger partial charge in [-0.25, -0.2) is 0 Å². The van der Waals surface area contributed by atoms with E-state index in [4.69, 9.17) is 9.47 Å². The van der Waals surface area contributed by atoms with Crippen LogP contribution in [0.25, 0.3) is 0 Å². The van der Waals surface area contributed by atoms with Gasteiger partial charge in [0.2, 0.25) is 0 Å². The Labute approximate surface area is 158 Å². The van der Waals surface area contributed by atoms with Crippen LogP contribution in [0.2, 0.25) is 0 Å². The van der Waals surface area contributed by atoms with Crippen LogP contribution in [0.5, 0.6) is 11.5 Å². The van der Waals surface area contributed by atoms with Gasteiger partial charge >= 0.3 is 0 Å². The van der Waals surface area contributed by atoms with Crippen molar-refractivity contribution in [3.05, 3.63) is 53.6 Å². The van der Waals surface area contributed by atoms with Crippen LogP contribution in [0.1, 0.15) is 30.0 Å². The fourth-order valence-electron chi connectivity index (χ4n) is 3.89. The van der Waals surface area contributed by atoms with E-state index in [2.05, 4.69) is 17.5 Å². The number of para-hydroxylation sites is 1. The average Bonchev–Trinajstić information content (AvgIpc) is 3.16. The highest BCUT2D eigenvalue weighted by Gasteiger charge is 2.32. The van der Waals surface area contributed by atoms with Gasteiger partial charge in [-0.2, -0.15) is 5.26 Å². The summed E-state index contributed by atoms with van der Waals surface area (Å²) in [6.07, 6.45) is 2.12. The number of nitrogens with zero attached hydrogens (tertiary/aromatic N) is 1. The molecule has 0 radical (unpaired) electrons. The summed E-state index contributed by atoms with van der Waals surface area (Å²) in [7, 11) is 0. The van der Waals surface area contributed by atoms with Crippen molar-refractivity contribution in [2.45, 2.75) is 18.9 Å². The number of quaternary nitrogens is 1. The molecule has 2 aromatic carbocycles. The topological polar surface area (TPSA) is 75.8 Å². The lowest BCUT2D eigenvalue weighted by Crippen LogP contribution is -3.11. The van der Waals surface area contributed by atoms with Gasteiger partial charge in [0.1, 0.15) is 25.3 Å². The number of nitriles is 1. The molecule has 0 saturated carbocycles. The number of rotatable bonds is 4. The molecule has 2 heterocycles. The maximum atomic E-state index is 12.6. The third-order valence-corrected chi connectivity index (χ3v) is 5.16. The van der Waals surface area contributed by atoms with Crippen molar-refractivity contribution < 1.29 is 19.2 Å². The van der Waals surface area contributed by atoms with Gasteiger partial charge in [-0.15, -0.1) is 0 Å². The minimum absolute atomic E-state index is 0.0721. The Kier molecular flexibility index (Phi) is 4.95. The zero-order chi connectivity index (χ0) is 18.6. The van der Waals surface area contributed by atoms with Gasteiger partial charge in [0, 0.05) is 18.4 Å². The first kappa shape index (κ1) is 17.4. The Morgan fingerprint density at radius 1 is 1.19 bits per heavy atom. The normalized spacial score (nSPS) is 20.7. The highest BCUT2D eigenvalue weighted by atomic mass is 16.6. The van der Waals surface area contributed by atoms with E-state index in [-0.39, 0.29) is 11.9 Å². The number of fused-ring (bicyclic) bond motifs is 1. The molecule has 2 aliphatic heterocycles. The zero-order valence-electron chi connectivity index (χ0n) is 15.0. The zero-order valence-corrected chi connectivity index (χ0v) is 15.0. The molecule has 1 amide bonds. The largest absolute Gasteiger partial charge is 0.486 e. The van der Waals surface area contributed by atoms with Crippen molar-refractivity contribution in [3.8, 4) is 17.6 Å². The molecule has 2 aromatic rings. The smallest absolute Gasteiger partial charge is 0.279 e. The number of likely N-dealkylation sites (tertiary alicyclic amines) is 1. The Bertz CT molecular complexity index is 890. The number of hydrogen-bond donors (Lipinski definition) is 2. The summed E-state index contributed by atoms with van der Waals surface area (Å²) in [5, 5.41) is 12.1. The average molecular weight is 364 g/mol. The molecule has 0 aliphatic carbocycles. The quantitative estimate of drug-likeness (QED) is 0.866. The second-order valence-electron chi connectivity index (χ2n) is 6.89. The number of nitrogens with one attached hydrogen (secondary N) is 2. The van der Waals surface area contributed by atoms with E-state index in [1.807, 2.05) is 18.2 Å². The number of carbonyl (C=O) groups excluding carboxylic acids is 1. The Hall–Kier alpha value is -3.04. The summed E-state index contributed by atoms with van der Waals surface area (Å²) in [5.41, 5.74) is 2.22. The van der Waals surface area contributed by atoms with E-state index in [1.165, 1.54) is 10.5 Å². The maximum Gasteiger partial charge on any atom is 0.279 e. The first-order chi connectivity index (χ1) is 13.2. The number of anilines is 1. The maximum absolute atomic E-state index is 12.6. The summed E-state index contributed by atoms with van der Waals surface area (Å²) in [4.78, 5) is 13.8. The van der Waals surface area contributed by atoms with E-state index in [0.717, 1.165) is 30.9 Å². The van der Waals surface area contributed by atoms with Gasteiger partial charge in [0.05, 0.1) is 17.8 Å². The van der Waals surface area contributed by atoms with Crippen LogP contribution < -0.4 is 19.7 Å². The van der Waals surface area contributed by atoms with Gasteiger partial charge in [0.15, 0.2) is 18.0 Å². The second-order valence-corrected chi connectivity index (χ2v) is 6.89. The molecular weight excluding hydrogens is 342 g/mol. The number of benzene rings is 2. The molecule has 2 N–H and O–H groups in total. The van der Waals surface area contributed by atoms with Crippen LogP contribution >= 0.6 is 0 Å². The van der Waals surface area contributed by atoms with Crippen LogP contribution in [-0.2, 0) is 4.79 Å². The molecule has 2 atom stereocenters. The molecule has 2 aliphatic rings. The number of amides is 1. The Balaban J connectivity index is 1.46. The van der Waals surface area contributed by atoms with Gasteiger partial charge < -0.3 is 19.7 Å². The van der Waals surface area contributed by atoms with Crippen LogP contribution in [0.3, 0.4) is 0 Å². The van der Waals surface area contributed by atoms with E-state index in [0.29, 0.717) is 31.0 Å². The van der Waals surface area contributed by atoms with Crippen molar-refractivity contribution in [2.75, 3.05) is 31.6 Å². The summed E-state index contributed by atoms with van der Waals surface area (Å²) in [6.45, 7) is 2.47. The number of hydrogen-bond acceptors (Lipinski definition) is 4. The lowest BCUT2D eigenvalue weighted by atomic mass is 10.0. The Morgan fingerprint density at radius 2 is 2.00 bits per heavy atom. The lowest BCUT2D eigenvalue weighted by molar-refractivity contribution is -0.910. The SMILES string of the molecule is N#Cc1ccccc1NC(=O)C[NH+]1CCC[C@@H]1c1ccc2c(c1)OCCO2. The number of ether oxygens (including phenoxy) is 2. The molecule has 1 saturated heterocycles. The van der Waals surface area contributed by atoms with E-state index < -0.39 is 0 Å². The molecule has 138 valence electrons. The third-order valence-electron chi connectivity index (χ3n) is 5.16. The monoisotopic (exact) mass is 364 g/mol. The Morgan fingerprint density at radius 3 is 2.85 bits per heavy atom. The molecule has 6 heteroatoms. The molecule has 0 aromatic heterocycles. The minimum atomic E-state index is -0.0721. The lowest BCUT2D eigenvalue weighted by Gasteiger charge is -2.24. The minimum Gasteiger partial charge on any atom is -0.486 e. The van der Waals surface area contributed by atoms with Crippen molar-refractivity contribution in [2.24, 2.45) is 0 Å². The molecule has 1 fully saturated rings. The third kappa shape index (κ3) is 3.74. The standard InChI is InChI=1S/C21H21N3O3/c22-13-16-4-1-2-5-17(16)23-21(25)14-24-9-3-6-18(24)15-7-8-19-20(12-15)27-11-10-26-19/h1-2,4-5,7-8,12,18H,3,6,9-11,14H2,(H,23,25)/p+1/t18-/m1/s1. The summed E-state index contributed by atoms with van der Waals surface area (Å²) < 4.78 is 11.3. The van der Waals surface area contributed by atoms with Gasteiger partial charge in [-0.1, -0.05) is 12.1 Å². The molecule has 6 nitrogen and oxygen atoms in total. The first-order valence-electron chi connectivity index (χ1n) is 9.27. The van der Waals surface area contributed by atoms with Gasteiger partial charge in [-0.3, -0.25) is 4.79 Å². The fourth-order valence-corrected chi connectivity index (χ4v) is 3.89. The predicted octanol–water partition coefficient (Wildman–Crippen LogP) is 1.69. The highest BCUT2D eigenvalue weighted by Crippen LogP contribution is 2.33. The summed E-state index contributed by atoms with van der Waals surface area (Å²) in [5.74, 6) is 1.50. The molecule has 1 unspecified atom stereocenters. The summed E-state index contributed by atoms with van der Waals surface area (Å²) in [6, 6.07) is 15.5. The van der Waals surface area contributed by atoms with Crippen LogP contribution in [0.15, 0.2) is 42.5 Å². The van der Waals surface area contributed by atoms with Crippen LogP contribution in [0.4, 0.5) is 5.69 Å². The van der Waals surface area contributed by atoms with E-state index in [1.54, 1.807) is 18.2 Å². The van der Waals surface area contributed by atoms with Crippen LogP contribution in [-0.4, -0.2) is 32.2 Å². The molecule has 27 heavy (non-hydrogen) atoms. The van der Waals surface area contributed by atoms with Crippen molar-refractivity contribution in [3.63, 3.8) is 0 Å². The van der Waals surface area contributed by atoms with Crippen molar-refractivity contribution >= 4 is 11.6 Å². The highest BCUT2D eigenvalue weighted by molar-refractivity contribution is 5.92. The number of carbonyl (C=O) groups is 1. The van der Waals surface area contributed by atoms with Gasteiger partial charge in [0.25, 0.3) is 5.91 Å². The fraction of sp³-hybridized carbons (Fsp3) is 0.333. The van der Waals surface area contributed by atoms with Crippen LogP contribution in [0, 0.1) is 11.3 Å². The molecule has 4 rings (SSSR count). The van der Waals surface area contributed by atoms with Crippen molar-refractivity contribution in [1.29, 1.82) is 5.26 Å². The predicted molar refractivity (Wildman–Crippen MR) is 99.9 cm³/mol. The van der Waals surface area contributed by atoms with Gasteiger partial charge in [-0.05, 0) is 30.3 Å². The summed E-state index contributed by atoms with van der Waals surface area (Å²) >= 11 is 0. The van der Waals surface area contributed by atoms with Crippen molar-refractivity contribution in [1.82, 2.24) is 0 Å². The molecular formula is C21H22N3O3+. The molecule has 0 bridgehead atoms. The second kappa shape index (κ2) is 7.68. The molecule has 0 spiro atoms. The van der Waals surface area contributed by atoms with E-state index in [9.17, 15) is 10.1 Å².